The van der Waals surface area contributed by atoms with Crippen LogP contribution in [0.25, 0.3) is 21.8 Å². The first-order valence-corrected chi connectivity index (χ1v) is 14.3. The van der Waals surface area contributed by atoms with Crippen molar-refractivity contribution in [2.75, 3.05) is 30.7 Å². The van der Waals surface area contributed by atoms with Gasteiger partial charge in [-0.3, -0.25) is 4.72 Å². The highest BCUT2D eigenvalue weighted by atomic mass is 32.2. The van der Waals surface area contributed by atoms with Crippen molar-refractivity contribution in [3.05, 3.63) is 66.2 Å². The molecule has 11 heteroatoms. The number of anilines is 1. The van der Waals surface area contributed by atoms with E-state index in [4.69, 9.17) is 9.47 Å². The van der Waals surface area contributed by atoms with Gasteiger partial charge in [0, 0.05) is 22.4 Å². The summed E-state index contributed by atoms with van der Waals surface area (Å²) in [6, 6.07) is 17.8. The number of rotatable bonds is 9. The third-order valence-corrected chi connectivity index (χ3v) is 6.44. The maximum atomic E-state index is 13.0. The molecule has 4 rings (SSSR count). The zero-order chi connectivity index (χ0) is 28.4. The summed E-state index contributed by atoms with van der Waals surface area (Å²) in [6.07, 6.45) is -0.874. The summed E-state index contributed by atoms with van der Waals surface area (Å²) < 4.78 is 36.9. The molecular weight excluding hydrogens is 522 g/mol. The summed E-state index contributed by atoms with van der Waals surface area (Å²) in [7, 11) is -3.65. The van der Waals surface area contributed by atoms with Gasteiger partial charge in [-0.2, -0.15) is 0 Å². The maximum Gasteiger partial charge on any atom is 0.410 e. The van der Waals surface area contributed by atoms with Crippen molar-refractivity contribution < 1.29 is 32.9 Å². The first-order chi connectivity index (χ1) is 18.3. The first-order valence-electron chi connectivity index (χ1n) is 12.4. The van der Waals surface area contributed by atoms with E-state index in [1.54, 1.807) is 20.8 Å². The fraction of sp³-hybridized carbons (Fsp3) is 0.321. The molecule has 0 bridgehead atoms. The van der Waals surface area contributed by atoms with E-state index >= 15 is 0 Å². The van der Waals surface area contributed by atoms with Crippen LogP contribution >= 0.6 is 0 Å². The highest BCUT2D eigenvalue weighted by molar-refractivity contribution is 7.92. The Kier molecular flexibility index (Phi) is 7.94. The highest BCUT2D eigenvalue weighted by Crippen LogP contribution is 2.30. The van der Waals surface area contributed by atoms with Crippen molar-refractivity contribution in [2.45, 2.75) is 32.5 Å². The largest absolute Gasteiger partial charge is 0.506 e. The van der Waals surface area contributed by atoms with Crippen LogP contribution in [0, 0.1) is 0 Å². The number of aromatic amines is 1. The number of nitrogens with zero attached hydrogens (tertiary/aromatic N) is 1. The maximum absolute atomic E-state index is 13.0. The van der Waals surface area contributed by atoms with Gasteiger partial charge >= 0.3 is 6.09 Å². The van der Waals surface area contributed by atoms with Crippen LogP contribution in [0.4, 0.5) is 10.5 Å². The lowest BCUT2D eigenvalue weighted by molar-refractivity contribution is 0.0117. The minimum atomic E-state index is -3.65. The molecule has 4 aromatic rings. The molecule has 10 nitrogen and oxygen atoms in total. The number of aromatic hydroxyl groups is 1. The number of para-hydroxylation sites is 1. The average molecular weight is 556 g/mol. The zero-order valence-electron chi connectivity index (χ0n) is 22.3. The summed E-state index contributed by atoms with van der Waals surface area (Å²) in [5.74, 6) is 0.328. The van der Waals surface area contributed by atoms with Crippen molar-refractivity contribution in [3.63, 3.8) is 0 Å². The molecule has 4 N–H and O–H groups in total. The van der Waals surface area contributed by atoms with Gasteiger partial charge in [0.1, 0.15) is 23.7 Å². The van der Waals surface area contributed by atoms with Crippen LogP contribution in [0.15, 0.2) is 60.7 Å². The third kappa shape index (κ3) is 7.33. The number of carbonyl (C=O) groups excluding carboxylic acids is 1. The quantitative estimate of drug-likeness (QED) is 0.219. The molecule has 0 saturated heterocycles. The molecule has 1 heterocycles. The number of hydrogen-bond donors (Lipinski definition) is 4. The molecule has 0 fully saturated rings. The molecule has 0 aliphatic carbocycles. The number of nitrogens with one attached hydrogen (secondary N) is 2. The first kappa shape index (κ1) is 28.1. The molecule has 1 unspecified atom stereocenters. The van der Waals surface area contributed by atoms with E-state index in [2.05, 4.69) is 9.71 Å². The molecule has 208 valence electrons. The number of amides is 1. The van der Waals surface area contributed by atoms with E-state index in [1.807, 2.05) is 42.5 Å². The summed E-state index contributed by atoms with van der Waals surface area (Å²) in [5.41, 5.74) is 1.43. The topological polar surface area (TPSA) is 141 Å². The monoisotopic (exact) mass is 555 g/mol. The summed E-state index contributed by atoms with van der Waals surface area (Å²) in [4.78, 5) is 17.6. The Morgan fingerprint density at radius 3 is 2.49 bits per heavy atom. The number of phenols is 1. The second kappa shape index (κ2) is 11.0. The van der Waals surface area contributed by atoms with Crippen molar-refractivity contribution in [2.24, 2.45) is 0 Å². The van der Waals surface area contributed by atoms with Crippen LogP contribution < -0.4 is 9.46 Å². The minimum absolute atomic E-state index is 0.0754. The smallest absolute Gasteiger partial charge is 0.410 e. The minimum Gasteiger partial charge on any atom is -0.506 e. The lowest BCUT2D eigenvalue weighted by Gasteiger charge is -2.29. The van der Waals surface area contributed by atoms with Crippen molar-refractivity contribution >= 4 is 43.6 Å². The van der Waals surface area contributed by atoms with Crippen molar-refractivity contribution in [1.82, 2.24) is 9.88 Å². The lowest BCUT2D eigenvalue weighted by atomic mass is 10.1. The Bertz CT molecular complexity index is 1590. The number of aliphatic hydroxyl groups excluding tert-OH is 1. The van der Waals surface area contributed by atoms with Gasteiger partial charge in [0.25, 0.3) is 0 Å². The number of fused-ring (bicyclic) bond motifs is 3. The van der Waals surface area contributed by atoms with Crippen LogP contribution in [-0.2, 0) is 14.8 Å². The van der Waals surface area contributed by atoms with E-state index in [1.165, 1.54) is 23.1 Å². The van der Waals surface area contributed by atoms with Gasteiger partial charge in [0.05, 0.1) is 36.7 Å². The fourth-order valence-electron chi connectivity index (χ4n) is 4.14. The van der Waals surface area contributed by atoms with Crippen molar-refractivity contribution in [1.29, 1.82) is 0 Å². The van der Waals surface area contributed by atoms with E-state index < -0.39 is 27.8 Å². The fourth-order valence-corrected chi connectivity index (χ4v) is 4.70. The molecule has 3 aromatic carbocycles. The number of H-pyrrole nitrogens is 1. The zero-order valence-corrected chi connectivity index (χ0v) is 23.1. The van der Waals surface area contributed by atoms with E-state index in [0.717, 1.165) is 28.1 Å². The number of aromatic nitrogens is 1. The average Bonchev–Trinajstić information content (AvgIpc) is 3.20. The van der Waals surface area contributed by atoms with Gasteiger partial charge in [0.15, 0.2) is 0 Å². The summed E-state index contributed by atoms with van der Waals surface area (Å²) in [5, 5.41) is 23.1. The molecular formula is C28H33N3O7S. The SMILES string of the molecule is CC(C)(C)OC(=O)N(CCOc1ccc2c(c1)[nH]c1ccccc12)CC(O)c1ccc(O)c(NS(C)(=O)=O)c1. The molecule has 0 saturated carbocycles. The Morgan fingerprint density at radius 2 is 1.77 bits per heavy atom. The number of sulfonamides is 1. The second-order valence-electron chi connectivity index (χ2n) is 10.3. The van der Waals surface area contributed by atoms with Gasteiger partial charge in [-0.05, 0) is 56.7 Å². The summed E-state index contributed by atoms with van der Waals surface area (Å²) >= 11 is 0. The normalized spacial score (nSPS) is 12.8. The number of benzene rings is 3. The van der Waals surface area contributed by atoms with E-state index in [-0.39, 0.29) is 31.1 Å². The van der Waals surface area contributed by atoms with Crippen LogP contribution in [0.5, 0.6) is 11.5 Å². The number of ether oxygens (including phenoxy) is 2. The number of carbonyl (C=O) groups is 1. The van der Waals surface area contributed by atoms with E-state index in [9.17, 15) is 23.4 Å². The van der Waals surface area contributed by atoms with E-state index in [0.29, 0.717) is 11.3 Å². The predicted molar refractivity (Wildman–Crippen MR) is 151 cm³/mol. The van der Waals surface area contributed by atoms with Gasteiger partial charge in [-0.1, -0.05) is 24.3 Å². The molecule has 39 heavy (non-hydrogen) atoms. The number of phenolic OH excluding ortho intramolecular Hbond substituents is 1. The van der Waals surface area contributed by atoms with Gasteiger partial charge in [0.2, 0.25) is 10.0 Å². The Balaban J connectivity index is 1.47. The molecule has 0 aliphatic heterocycles. The summed E-state index contributed by atoms with van der Waals surface area (Å²) in [6.45, 7) is 5.33. The van der Waals surface area contributed by atoms with Crippen LogP contribution in [0.3, 0.4) is 0 Å². The molecule has 1 aromatic heterocycles. The molecule has 1 amide bonds. The standard InChI is InChI=1S/C28H33N3O7S/c1-28(2,3)38-27(34)31(17-26(33)18-9-12-25(32)24(15-18)30-39(4,35)36)13-14-37-19-10-11-21-20-7-5-6-8-22(20)29-23(21)16-19/h5-12,15-16,26,29-30,32-33H,13-14,17H2,1-4H3. The third-order valence-electron chi connectivity index (χ3n) is 5.85. The van der Waals surface area contributed by atoms with Crippen LogP contribution in [0.1, 0.15) is 32.4 Å². The number of hydrogen-bond acceptors (Lipinski definition) is 7. The Morgan fingerprint density at radius 1 is 1.05 bits per heavy atom. The molecule has 1 atom stereocenters. The molecule has 0 radical (unpaired) electrons. The van der Waals surface area contributed by atoms with Gasteiger partial charge < -0.3 is 29.6 Å². The van der Waals surface area contributed by atoms with Gasteiger partial charge in [-0.25, -0.2) is 13.2 Å². The second-order valence-corrected chi connectivity index (χ2v) is 12.1. The Hall–Kier alpha value is -3.96. The molecule has 0 spiro atoms. The lowest BCUT2D eigenvalue weighted by Crippen LogP contribution is -2.41. The number of aliphatic hydroxyl groups is 1. The van der Waals surface area contributed by atoms with Crippen LogP contribution in [0.2, 0.25) is 0 Å². The molecule has 0 aliphatic rings. The van der Waals surface area contributed by atoms with Gasteiger partial charge in [-0.15, -0.1) is 0 Å². The highest BCUT2D eigenvalue weighted by Gasteiger charge is 2.25. The van der Waals surface area contributed by atoms with Crippen molar-refractivity contribution in [3.8, 4) is 11.5 Å². The predicted octanol–water partition coefficient (Wildman–Crippen LogP) is 4.75. The van der Waals surface area contributed by atoms with Crippen LogP contribution in [-0.4, -0.2) is 66.2 Å². The Labute approximate surface area is 227 Å².